The summed E-state index contributed by atoms with van der Waals surface area (Å²) in [6, 6.07) is 0. The maximum absolute atomic E-state index is 10.4. The molecule has 0 bridgehead atoms. The number of carbonyl (C=O) groups excluding carboxylic acids is 1. The number of carbonyl (C=O) groups is 1. The summed E-state index contributed by atoms with van der Waals surface area (Å²) in [6.45, 7) is 0.624. The molecule has 1 atom stereocenters. The van der Waals surface area contributed by atoms with Crippen LogP contribution < -0.4 is 5.73 Å². The van der Waals surface area contributed by atoms with Crippen molar-refractivity contribution < 1.29 is 24.3 Å². The molecule has 0 aliphatic carbocycles. The first-order valence-electron chi connectivity index (χ1n) is 3.56. The van der Waals surface area contributed by atoms with Gasteiger partial charge in [0.15, 0.2) is 14.8 Å². The number of amides is 1. The number of hydrogen-bond acceptors (Lipinski definition) is 8. The van der Waals surface area contributed by atoms with Crippen molar-refractivity contribution in [3.05, 3.63) is 30.3 Å². The molecule has 90 valence electrons. The van der Waals surface area contributed by atoms with Gasteiger partial charge in [-0.1, -0.05) is 0 Å². The quantitative estimate of drug-likeness (QED) is 0.357. The molecule has 0 saturated heterocycles. The molecular weight excluding hydrogens is 232 g/mol. The highest BCUT2D eigenvalue weighted by molar-refractivity contribution is 5.64. The monoisotopic (exact) mass is 238 g/mol. The summed E-state index contributed by atoms with van der Waals surface area (Å²) >= 11 is 0. The molecule has 12 nitrogen and oxygen atoms in total. The van der Waals surface area contributed by atoms with E-state index >= 15 is 0 Å². The van der Waals surface area contributed by atoms with E-state index in [4.69, 9.17) is 0 Å². The fourth-order valence-electron chi connectivity index (χ4n) is 0.899. The molecule has 0 rings (SSSR count). The third kappa shape index (κ3) is 1.94. The molecule has 0 heterocycles. The lowest BCUT2D eigenvalue weighted by atomic mass is 10.2. The van der Waals surface area contributed by atoms with E-state index < -0.39 is 32.8 Å². The highest BCUT2D eigenvalue weighted by Gasteiger charge is 2.77. The van der Waals surface area contributed by atoms with Gasteiger partial charge >= 0.3 is 18.0 Å². The van der Waals surface area contributed by atoms with E-state index in [1.807, 2.05) is 0 Å². The zero-order valence-electron chi connectivity index (χ0n) is 7.76. The zero-order valence-corrected chi connectivity index (χ0v) is 7.76. The first-order valence-corrected chi connectivity index (χ1v) is 3.56. The maximum Gasteiger partial charge on any atom is 0.736 e. The van der Waals surface area contributed by atoms with Crippen molar-refractivity contribution in [2.45, 2.75) is 18.8 Å². The van der Waals surface area contributed by atoms with Crippen LogP contribution in [-0.2, 0) is 4.74 Å². The Bertz CT molecular complexity index is 316. The Morgan fingerprint density at radius 3 is 1.69 bits per heavy atom. The Labute approximate surface area is 86.4 Å². The van der Waals surface area contributed by atoms with E-state index in [1.54, 1.807) is 0 Å². The minimum absolute atomic E-state index is 0.624. The minimum Gasteiger partial charge on any atom is -0.421 e. The van der Waals surface area contributed by atoms with Crippen molar-refractivity contribution in [3.8, 4) is 0 Å². The van der Waals surface area contributed by atoms with Gasteiger partial charge in [-0.2, -0.15) is 0 Å². The van der Waals surface area contributed by atoms with Crippen LogP contribution in [0.2, 0.25) is 0 Å². The predicted octanol–water partition coefficient (Wildman–Crippen LogP) is -1.05. The summed E-state index contributed by atoms with van der Waals surface area (Å²) < 4.78 is 3.91. The number of hydrogen-bond donors (Lipinski definition) is 1. The second kappa shape index (κ2) is 4.33. The maximum atomic E-state index is 10.4. The summed E-state index contributed by atoms with van der Waals surface area (Å²) in [5.74, 6) is -3.87. The molecule has 0 spiro atoms. The van der Waals surface area contributed by atoms with E-state index in [9.17, 15) is 35.1 Å². The average molecular weight is 238 g/mol. The number of rotatable bonds is 5. The van der Waals surface area contributed by atoms with Crippen LogP contribution in [-0.4, -0.2) is 32.8 Å². The molecule has 0 fully saturated rings. The second-order valence-corrected chi connectivity index (χ2v) is 2.54. The van der Waals surface area contributed by atoms with Crippen molar-refractivity contribution in [1.29, 1.82) is 0 Å². The van der Waals surface area contributed by atoms with Crippen LogP contribution in [0.1, 0.15) is 6.92 Å². The lowest BCUT2D eigenvalue weighted by Crippen LogP contribution is -2.61. The Kier molecular flexibility index (Phi) is 3.64. The summed E-state index contributed by atoms with van der Waals surface area (Å²) in [5.41, 5.74) is 4.46. The van der Waals surface area contributed by atoms with Crippen LogP contribution in [0.3, 0.4) is 0 Å². The summed E-state index contributed by atoms with van der Waals surface area (Å²) in [5, 5.41) is 31.3. The van der Waals surface area contributed by atoms with Gasteiger partial charge in [-0.15, -0.1) is 0 Å². The molecule has 0 aromatic heterocycles. The van der Waals surface area contributed by atoms with Crippen LogP contribution in [0.15, 0.2) is 0 Å². The van der Waals surface area contributed by atoms with Crippen LogP contribution in [0.4, 0.5) is 4.79 Å². The van der Waals surface area contributed by atoms with Gasteiger partial charge in [-0.3, -0.25) is 30.3 Å². The predicted molar refractivity (Wildman–Crippen MR) is 43.8 cm³/mol. The molecule has 0 saturated carbocycles. The molecule has 1 unspecified atom stereocenters. The van der Waals surface area contributed by atoms with Crippen LogP contribution in [0.25, 0.3) is 0 Å². The Balaban J connectivity index is 5.53. The Morgan fingerprint density at radius 1 is 1.19 bits per heavy atom. The van der Waals surface area contributed by atoms with Gasteiger partial charge < -0.3 is 10.5 Å². The van der Waals surface area contributed by atoms with Gasteiger partial charge in [0, 0.05) is 0 Å². The first kappa shape index (κ1) is 13.5. The van der Waals surface area contributed by atoms with Crippen LogP contribution >= 0.6 is 0 Å². The van der Waals surface area contributed by atoms with Gasteiger partial charge in [0.2, 0.25) is 0 Å². The van der Waals surface area contributed by atoms with E-state index in [1.165, 1.54) is 0 Å². The van der Waals surface area contributed by atoms with Crippen molar-refractivity contribution in [2.24, 2.45) is 5.73 Å². The molecule has 1 amide bonds. The number of nitrogens with zero attached hydrogens (tertiary/aromatic N) is 3. The van der Waals surface area contributed by atoms with Crippen molar-refractivity contribution >= 4 is 6.09 Å². The smallest absolute Gasteiger partial charge is 0.421 e. The lowest BCUT2D eigenvalue weighted by Gasteiger charge is -2.14. The molecule has 16 heavy (non-hydrogen) atoms. The molecular formula is C4H6N4O8. The van der Waals surface area contributed by atoms with Gasteiger partial charge in [0.1, 0.15) is 0 Å². The third-order valence-electron chi connectivity index (χ3n) is 1.64. The third-order valence-corrected chi connectivity index (χ3v) is 1.64. The number of nitro groups is 3. The Morgan fingerprint density at radius 2 is 1.50 bits per heavy atom. The van der Waals surface area contributed by atoms with Crippen LogP contribution in [0.5, 0.6) is 0 Å². The normalized spacial score (nSPS) is 12.6. The van der Waals surface area contributed by atoms with Gasteiger partial charge in [0.05, 0.1) is 0 Å². The summed E-state index contributed by atoms with van der Waals surface area (Å²) in [4.78, 5) is 36.2. The first-order chi connectivity index (χ1) is 7.17. The molecule has 0 radical (unpaired) electrons. The van der Waals surface area contributed by atoms with E-state index in [0.29, 0.717) is 6.92 Å². The number of primary amides is 1. The topological polar surface area (TPSA) is 182 Å². The molecule has 0 aromatic rings. The zero-order chi connectivity index (χ0) is 13.1. The number of nitrogens with two attached hydrogens (primary N) is 1. The minimum atomic E-state index is -3.87. The summed E-state index contributed by atoms with van der Waals surface area (Å²) in [7, 11) is 0. The Hall–Kier alpha value is -2.53. The number of ether oxygens (including phenoxy) is 1. The highest BCUT2D eigenvalue weighted by atomic mass is 16.7. The average Bonchev–Trinajstić information content (AvgIpc) is 1.99. The van der Waals surface area contributed by atoms with Gasteiger partial charge in [0.25, 0.3) is 0 Å². The second-order valence-electron chi connectivity index (χ2n) is 2.54. The van der Waals surface area contributed by atoms with E-state index in [0.717, 1.165) is 0 Å². The molecule has 0 aromatic carbocycles. The van der Waals surface area contributed by atoms with Gasteiger partial charge in [-0.25, -0.2) is 4.79 Å². The van der Waals surface area contributed by atoms with E-state index in [2.05, 4.69) is 10.5 Å². The van der Waals surface area contributed by atoms with Gasteiger partial charge in [-0.05, 0) is 6.92 Å². The van der Waals surface area contributed by atoms with Crippen molar-refractivity contribution in [2.75, 3.05) is 0 Å². The lowest BCUT2D eigenvalue weighted by molar-refractivity contribution is -0.976. The largest absolute Gasteiger partial charge is 0.736 e. The molecule has 12 heteroatoms. The highest BCUT2D eigenvalue weighted by Crippen LogP contribution is 2.20. The van der Waals surface area contributed by atoms with Crippen molar-refractivity contribution in [1.82, 2.24) is 0 Å². The molecule has 2 N–H and O–H groups in total. The fraction of sp³-hybridized carbons (Fsp3) is 0.750. The fourth-order valence-corrected chi connectivity index (χ4v) is 0.899. The van der Waals surface area contributed by atoms with Crippen LogP contribution in [0, 0.1) is 30.3 Å². The SMILES string of the molecule is CC(OC(N)=O)C([N+](=O)[O-])([N+](=O)[O-])[N+](=O)[O-]. The molecule has 0 aliphatic rings. The summed E-state index contributed by atoms with van der Waals surface area (Å²) in [6.07, 6.45) is -3.85. The standard InChI is InChI=1S/C4H6N4O8/c1-2(16-3(5)9)4(6(10)11,7(12)13)8(14)15/h2H,1H3,(H2,5,9). The van der Waals surface area contributed by atoms with Crippen molar-refractivity contribution in [3.63, 3.8) is 0 Å². The van der Waals surface area contributed by atoms with E-state index in [-0.39, 0.29) is 0 Å². The molecule has 0 aliphatic heterocycles.